The first-order valence-electron chi connectivity index (χ1n) is 7.08. The van der Waals surface area contributed by atoms with E-state index >= 15 is 0 Å². The normalized spacial score (nSPS) is 10.5. The fourth-order valence-electron chi connectivity index (χ4n) is 2.38. The van der Waals surface area contributed by atoms with Crippen LogP contribution in [0.2, 0.25) is 0 Å². The summed E-state index contributed by atoms with van der Waals surface area (Å²) in [6.45, 7) is 7.42. The molecule has 1 amide bonds. The van der Waals surface area contributed by atoms with Crippen molar-refractivity contribution in [2.24, 2.45) is 0 Å². The Bertz CT molecular complexity index is 631. The smallest absolute Gasteiger partial charge is 0.255 e. The van der Waals surface area contributed by atoms with E-state index in [-0.39, 0.29) is 5.91 Å². The first-order valence-corrected chi connectivity index (χ1v) is 7.87. The molecule has 0 aliphatic carbocycles. The highest BCUT2D eigenvalue weighted by molar-refractivity contribution is 9.10. The molecule has 0 spiro atoms. The van der Waals surface area contributed by atoms with Gasteiger partial charge in [0.05, 0.1) is 5.56 Å². The number of pyridine rings is 1. The van der Waals surface area contributed by atoms with Gasteiger partial charge in [0.2, 0.25) is 0 Å². The summed E-state index contributed by atoms with van der Waals surface area (Å²) >= 11 is 3.58. The van der Waals surface area contributed by atoms with Crippen molar-refractivity contribution in [3.05, 3.63) is 52.3 Å². The van der Waals surface area contributed by atoms with Crippen LogP contribution in [-0.4, -0.2) is 28.9 Å². The molecule has 0 saturated carbocycles. The Morgan fingerprint density at radius 2 is 1.95 bits per heavy atom. The van der Waals surface area contributed by atoms with Crippen molar-refractivity contribution in [3.8, 4) is 11.1 Å². The molecule has 0 aliphatic rings. The lowest BCUT2D eigenvalue weighted by molar-refractivity contribution is 0.0772. The summed E-state index contributed by atoms with van der Waals surface area (Å²) in [5, 5.41) is 0. The Kier molecular flexibility index (Phi) is 5.12. The summed E-state index contributed by atoms with van der Waals surface area (Å²) in [7, 11) is 0. The number of rotatable bonds is 4. The predicted molar refractivity (Wildman–Crippen MR) is 89.4 cm³/mol. The highest BCUT2D eigenvalue weighted by Gasteiger charge is 2.15. The van der Waals surface area contributed by atoms with Gasteiger partial charge in [0.1, 0.15) is 0 Å². The highest BCUT2D eigenvalue weighted by Crippen LogP contribution is 2.31. The molecule has 0 unspecified atom stereocenters. The largest absolute Gasteiger partial charge is 0.339 e. The van der Waals surface area contributed by atoms with Gasteiger partial charge >= 0.3 is 0 Å². The van der Waals surface area contributed by atoms with Crippen molar-refractivity contribution in [1.82, 2.24) is 9.88 Å². The van der Waals surface area contributed by atoms with Crippen LogP contribution in [0.1, 0.15) is 29.8 Å². The number of hydrogen-bond donors (Lipinski definition) is 0. The van der Waals surface area contributed by atoms with Crippen molar-refractivity contribution in [1.29, 1.82) is 0 Å². The molecular formula is C17H19BrN2O. The van der Waals surface area contributed by atoms with Gasteiger partial charge in [0.15, 0.2) is 0 Å². The van der Waals surface area contributed by atoms with E-state index in [1.165, 1.54) is 0 Å². The fourth-order valence-corrected chi connectivity index (χ4v) is 3.08. The third-order valence-corrected chi connectivity index (χ3v) is 4.21. The molecule has 2 aromatic rings. The quantitative estimate of drug-likeness (QED) is 0.826. The van der Waals surface area contributed by atoms with E-state index in [9.17, 15) is 4.79 Å². The maximum Gasteiger partial charge on any atom is 0.255 e. The lowest BCUT2D eigenvalue weighted by Gasteiger charge is -2.19. The van der Waals surface area contributed by atoms with Gasteiger partial charge in [-0.15, -0.1) is 0 Å². The van der Waals surface area contributed by atoms with Gasteiger partial charge in [-0.25, -0.2) is 0 Å². The number of halogens is 1. The number of nitrogens with zero attached hydrogens (tertiary/aromatic N) is 2. The van der Waals surface area contributed by atoms with Gasteiger partial charge in [-0.3, -0.25) is 9.78 Å². The third-order valence-electron chi connectivity index (χ3n) is 3.55. The SMILES string of the molecule is CCN(CC)C(=O)c1cncc(-c2c(C)cccc2Br)c1. The Labute approximate surface area is 134 Å². The van der Waals surface area contributed by atoms with Gasteiger partial charge in [-0.05, 0) is 38.5 Å². The molecule has 0 saturated heterocycles. The highest BCUT2D eigenvalue weighted by atomic mass is 79.9. The zero-order valence-corrected chi connectivity index (χ0v) is 14.1. The molecule has 0 N–H and O–H groups in total. The van der Waals surface area contributed by atoms with Gasteiger partial charge in [-0.2, -0.15) is 0 Å². The molecule has 4 heteroatoms. The molecule has 0 bridgehead atoms. The van der Waals surface area contributed by atoms with E-state index in [2.05, 4.69) is 33.9 Å². The fraction of sp³-hybridized carbons (Fsp3) is 0.294. The molecule has 110 valence electrons. The number of hydrogen-bond acceptors (Lipinski definition) is 2. The molecule has 0 aliphatic heterocycles. The molecule has 0 atom stereocenters. The second-order valence-electron chi connectivity index (χ2n) is 4.87. The minimum absolute atomic E-state index is 0.0269. The Hall–Kier alpha value is -1.68. The van der Waals surface area contributed by atoms with Crippen LogP contribution in [0.15, 0.2) is 41.1 Å². The molecule has 1 aromatic heterocycles. The number of carbonyl (C=O) groups excluding carboxylic acids is 1. The Morgan fingerprint density at radius 3 is 2.57 bits per heavy atom. The average Bonchev–Trinajstić information content (AvgIpc) is 2.48. The monoisotopic (exact) mass is 346 g/mol. The van der Waals surface area contributed by atoms with Crippen LogP contribution < -0.4 is 0 Å². The van der Waals surface area contributed by atoms with E-state index in [0.717, 1.165) is 21.2 Å². The second-order valence-corrected chi connectivity index (χ2v) is 5.73. The van der Waals surface area contributed by atoms with E-state index in [1.54, 1.807) is 17.3 Å². The summed E-state index contributed by atoms with van der Waals surface area (Å²) in [5.41, 5.74) is 3.82. The lowest BCUT2D eigenvalue weighted by atomic mass is 10.0. The minimum Gasteiger partial charge on any atom is -0.339 e. The molecule has 21 heavy (non-hydrogen) atoms. The summed E-state index contributed by atoms with van der Waals surface area (Å²) in [4.78, 5) is 18.5. The lowest BCUT2D eigenvalue weighted by Crippen LogP contribution is -2.30. The van der Waals surface area contributed by atoms with Crippen LogP contribution >= 0.6 is 15.9 Å². The van der Waals surface area contributed by atoms with E-state index < -0.39 is 0 Å². The molecule has 1 aromatic carbocycles. The van der Waals surface area contributed by atoms with Crippen LogP contribution in [0.3, 0.4) is 0 Å². The minimum atomic E-state index is 0.0269. The topological polar surface area (TPSA) is 33.2 Å². The molecule has 3 nitrogen and oxygen atoms in total. The van der Waals surface area contributed by atoms with Gasteiger partial charge in [-0.1, -0.05) is 28.1 Å². The Morgan fingerprint density at radius 1 is 1.24 bits per heavy atom. The first kappa shape index (κ1) is 15.7. The number of aryl methyl sites for hydroxylation is 1. The first-order chi connectivity index (χ1) is 10.1. The van der Waals surface area contributed by atoms with Gasteiger partial charge in [0, 0.05) is 41.1 Å². The molecule has 1 heterocycles. The van der Waals surface area contributed by atoms with E-state index in [4.69, 9.17) is 0 Å². The number of aromatic nitrogens is 1. The standard InChI is InChI=1S/C17H19BrN2O/c1-4-20(5-2)17(21)14-9-13(10-19-11-14)16-12(3)7-6-8-15(16)18/h6-11H,4-5H2,1-3H3. The molecule has 0 radical (unpaired) electrons. The zero-order chi connectivity index (χ0) is 15.4. The molecular weight excluding hydrogens is 328 g/mol. The summed E-state index contributed by atoms with van der Waals surface area (Å²) in [5.74, 6) is 0.0269. The number of carbonyl (C=O) groups is 1. The van der Waals surface area contributed by atoms with Crippen LogP contribution in [-0.2, 0) is 0 Å². The summed E-state index contributed by atoms with van der Waals surface area (Å²) in [6, 6.07) is 7.97. The van der Waals surface area contributed by atoms with Crippen LogP contribution in [0.25, 0.3) is 11.1 Å². The van der Waals surface area contributed by atoms with Crippen molar-refractivity contribution < 1.29 is 4.79 Å². The predicted octanol–water partition coefficient (Wildman–Crippen LogP) is 4.30. The Balaban J connectivity index is 2.45. The maximum absolute atomic E-state index is 12.4. The van der Waals surface area contributed by atoms with Crippen molar-refractivity contribution >= 4 is 21.8 Å². The van der Waals surface area contributed by atoms with Gasteiger partial charge < -0.3 is 4.90 Å². The zero-order valence-electron chi connectivity index (χ0n) is 12.6. The van der Waals surface area contributed by atoms with E-state index in [1.807, 2.05) is 32.0 Å². The van der Waals surface area contributed by atoms with Crippen LogP contribution in [0.4, 0.5) is 0 Å². The maximum atomic E-state index is 12.4. The average molecular weight is 347 g/mol. The van der Waals surface area contributed by atoms with Crippen molar-refractivity contribution in [2.75, 3.05) is 13.1 Å². The molecule has 0 fully saturated rings. The molecule has 2 rings (SSSR count). The van der Waals surface area contributed by atoms with Crippen molar-refractivity contribution in [3.63, 3.8) is 0 Å². The summed E-state index contributed by atoms with van der Waals surface area (Å²) in [6.07, 6.45) is 3.43. The van der Waals surface area contributed by atoms with E-state index in [0.29, 0.717) is 18.7 Å². The van der Waals surface area contributed by atoms with Gasteiger partial charge in [0.25, 0.3) is 5.91 Å². The van der Waals surface area contributed by atoms with Crippen LogP contribution in [0, 0.1) is 6.92 Å². The summed E-state index contributed by atoms with van der Waals surface area (Å²) < 4.78 is 1.01. The second kappa shape index (κ2) is 6.85. The number of amides is 1. The van der Waals surface area contributed by atoms with Crippen LogP contribution in [0.5, 0.6) is 0 Å². The third kappa shape index (κ3) is 3.32. The van der Waals surface area contributed by atoms with Crippen molar-refractivity contribution in [2.45, 2.75) is 20.8 Å². The number of benzene rings is 1.